The molecule has 0 atom stereocenters. The highest BCUT2D eigenvalue weighted by Crippen LogP contribution is 2.60. The molecular weight excluding hydrogens is 771 g/mol. The molecule has 0 aliphatic heterocycles. The molecule has 0 saturated heterocycles. The summed E-state index contributed by atoms with van der Waals surface area (Å²) in [5.74, 6) is -0.497. The number of halogens is 1. The third kappa shape index (κ3) is 49.2. The van der Waals surface area contributed by atoms with Crippen LogP contribution >= 0.6 is 7.26 Å². The summed E-state index contributed by atoms with van der Waals surface area (Å²) >= 11 is 0. The van der Waals surface area contributed by atoms with Gasteiger partial charge in [0, 0.05) is 7.26 Å². The number of rotatable bonds is 53. The molecule has 0 amide bonds. The molecule has 1 N–H and O–H groups in total. The van der Waals surface area contributed by atoms with Gasteiger partial charge >= 0.3 is 5.97 Å². The van der Waals surface area contributed by atoms with E-state index in [0.29, 0.717) is 6.16 Å². The van der Waals surface area contributed by atoms with Crippen molar-refractivity contribution in [3.8, 4) is 0 Å². The van der Waals surface area contributed by atoms with Gasteiger partial charge in [-0.3, -0.25) is 0 Å². The number of aliphatic carboxylic acids is 1. The van der Waals surface area contributed by atoms with Crippen LogP contribution in [0.4, 0.5) is 0 Å². The van der Waals surface area contributed by atoms with Gasteiger partial charge in [0.1, 0.15) is 0 Å². The second kappa shape index (κ2) is 53.5. The molecule has 60 heavy (non-hydrogen) atoms. The van der Waals surface area contributed by atoms with Crippen LogP contribution in [0.25, 0.3) is 0 Å². The minimum absolute atomic E-state index is 0. The summed E-state index contributed by atoms with van der Waals surface area (Å²) in [7, 11) is -1.42. The van der Waals surface area contributed by atoms with Crippen LogP contribution in [0.3, 0.4) is 0 Å². The van der Waals surface area contributed by atoms with E-state index in [9.17, 15) is 9.90 Å². The van der Waals surface area contributed by atoms with Gasteiger partial charge in [-0.1, -0.05) is 290 Å². The first-order chi connectivity index (χ1) is 29.1. The van der Waals surface area contributed by atoms with E-state index < -0.39 is 13.2 Å². The predicted molar refractivity (Wildman–Crippen MR) is 273 cm³/mol. The second-order valence-electron chi connectivity index (χ2n) is 20.0. The van der Waals surface area contributed by atoms with Gasteiger partial charge in [-0.2, -0.15) is 0 Å². The van der Waals surface area contributed by atoms with Crippen molar-refractivity contribution in [2.75, 3.05) is 24.6 Å². The zero-order valence-electron chi connectivity index (χ0n) is 42.0. The van der Waals surface area contributed by atoms with E-state index >= 15 is 0 Å². The van der Waals surface area contributed by atoms with Crippen molar-refractivity contribution in [1.82, 2.24) is 0 Å². The molecule has 0 aromatic rings. The number of hydrogen-bond acceptors (Lipinski definition) is 1. The van der Waals surface area contributed by atoms with E-state index in [0.717, 1.165) is 0 Å². The van der Waals surface area contributed by atoms with Crippen molar-refractivity contribution >= 4 is 13.2 Å². The summed E-state index contributed by atoms with van der Waals surface area (Å²) in [6, 6.07) is 0. The summed E-state index contributed by atoms with van der Waals surface area (Å²) in [6.45, 7) is 6.92. The van der Waals surface area contributed by atoms with Crippen molar-refractivity contribution in [2.45, 2.75) is 329 Å². The van der Waals surface area contributed by atoms with Crippen LogP contribution < -0.4 is 12.4 Å². The lowest BCUT2D eigenvalue weighted by Gasteiger charge is -2.27. The molecule has 362 valence electrons. The molecule has 0 spiro atoms. The van der Waals surface area contributed by atoms with E-state index in [1.165, 1.54) is 327 Å². The van der Waals surface area contributed by atoms with Crippen LogP contribution in [0.15, 0.2) is 0 Å². The minimum atomic E-state index is -1.42. The van der Waals surface area contributed by atoms with Crippen LogP contribution in [0.2, 0.25) is 0 Å². The molecule has 0 heterocycles. The first-order valence-electron chi connectivity index (χ1n) is 28.2. The average molecular weight is 886 g/mol. The zero-order valence-corrected chi connectivity index (χ0v) is 43.6. The molecule has 2 nitrogen and oxygen atoms in total. The van der Waals surface area contributed by atoms with E-state index in [1.54, 1.807) is 0 Å². The molecular formula is C56H114ClO2P. The summed E-state index contributed by atoms with van der Waals surface area (Å²) in [4.78, 5) is 12.4. The van der Waals surface area contributed by atoms with Gasteiger partial charge in [0.05, 0.1) is 18.5 Å². The Morgan fingerprint density at radius 2 is 0.400 bits per heavy atom. The largest absolute Gasteiger partial charge is 1.00 e. The summed E-state index contributed by atoms with van der Waals surface area (Å²) in [5, 5.41) is 10.2. The number of carbonyl (C=O) groups is 1. The normalized spacial score (nSPS) is 11.7. The SMILES string of the molecule is CCCCCCCCCCCCCCCCCC[P+](CCCCCCCCCCCCCCCCCC)(CCCCCCCCCCCCCCCCCC)CC(=O)O.[Cl-]. The number of hydrogen-bond donors (Lipinski definition) is 1. The first-order valence-corrected chi connectivity index (χ1v) is 30.7. The van der Waals surface area contributed by atoms with Gasteiger partial charge in [0.25, 0.3) is 0 Å². The molecule has 0 aromatic carbocycles. The monoisotopic (exact) mass is 885 g/mol. The highest BCUT2D eigenvalue weighted by molar-refractivity contribution is 7.76. The Labute approximate surface area is 387 Å². The minimum Gasteiger partial charge on any atom is -1.00 e. The van der Waals surface area contributed by atoms with E-state index in [-0.39, 0.29) is 12.4 Å². The fourth-order valence-electron chi connectivity index (χ4n) is 9.85. The molecule has 0 rings (SSSR count). The topological polar surface area (TPSA) is 37.3 Å². The van der Waals surface area contributed by atoms with Crippen molar-refractivity contribution in [1.29, 1.82) is 0 Å². The smallest absolute Gasteiger partial charge is 0.341 e. The Hall–Kier alpha value is 0.190. The number of carboxylic acid groups (broad SMARTS) is 1. The Balaban J connectivity index is 0. The Bertz CT molecular complexity index is 701. The van der Waals surface area contributed by atoms with Crippen molar-refractivity contribution in [3.05, 3.63) is 0 Å². The van der Waals surface area contributed by atoms with Crippen molar-refractivity contribution in [2.24, 2.45) is 0 Å². The Morgan fingerprint density at radius 1 is 0.267 bits per heavy atom. The third-order valence-electron chi connectivity index (χ3n) is 13.9. The summed E-state index contributed by atoms with van der Waals surface area (Å²) in [5.41, 5.74) is 0. The van der Waals surface area contributed by atoms with Gasteiger partial charge in [-0.15, -0.1) is 0 Å². The lowest BCUT2D eigenvalue weighted by Crippen LogP contribution is -3.00. The molecule has 0 bridgehead atoms. The van der Waals surface area contributed by atoms with Crippen LogP contribution in [-0.2, 0) is 4.79 Å². The third-order valence-corrected chi connectivity index (χ3v) is 18.7. The van der Waals surface area contributed by atoms with Crippen LogP contribution in [0, 0.1) is 0 Å². The molecule has 0 unspecified atom stereocenters. The van der Waals surface area contributed by atoms with Crippen LogP contribution in [-0.4, -0.2) is 35.7 Å². The highest BCUT2D eigenvalue weighted by Gasteiger charge is 2.38. The zero-order chi connectivity index (χ0) is 42.8. The number of carboxylic acids is 1. The van der Waals surface area contributed by atoms with E-state index in [1.807, 2.05) is 0 Å². The standard InChI is InChI=1S/C56H113O2P.ClH/c1-4-7-10-13-16-19-22-25-28-31-34-37-40-43-46-49-52-59(55-56(57)58,53-50-47-44-41-38-35-32-29-26-23-20-17-14-11-8-5-2)54-51-48-45-42-39-36-33-30-27-24-21-18-15-12-9-6-3;/h4-55H2,1-3H3;1H. The average Bonchev–Trinajstić information content (AvgIpc) is 3.23. The van der Waals surface area contributed by atoms with Crippen LogP contribution in [0.1, 0.15) is 329 Å². The molecule has 0 radical (unpaired) electrons. The van der Waals surface area contributed by atoms with E-state index in [2.05, 4.69) is 20.8 Å². The maximum Gasteiger partial charge on any atom is 0.341 e. The van der Waals surface area contributed by atoms with E-state index in [4.69, 9.17) is 0 Å². The van der Waals surface area contributed by atoms with Crippen LogP contribution in [0.5, 0.6) is 0 Å². The molecule has 0 aromatic heterocycles. The Morgan fingerprint density at radius 3 is 0.533 bits per heavy atom. The quantitative estimate of drug-likeness (QED) is 0.0488. The molecule has 4 heteroatoms. The molecule has 0 aliphatic rings. The van der Waals surface area contributed by atoms with Crippen molar-refractivity contribution in [3.63, 3.8) is 0 Å². The predicted octanol–water partition coefficient (Wildman–Crippen LogP) is 17.9. The lowest BCUT2D eigenvalue weighted by atomic mass is 10.0. The van der Waals surface area contributed by atoms with Gasteiger partial charge in [-0.05, 0) is 38.5 Å². The fraction of sp³-hybridized carbons (Fsp3) is 0.982. The highest BCUT2D eigenvalue weighted by atomic mass is 35.5. The molecule has 0 fully saturated rings. The van der Waals surface area contributed by atoms with Gasteiger partial charge in [-0.25, -0.2) is 4.79 Å². The summed E-state index contributed by atoms with van der Waals surface area (Å²) in [6.07, 6.45) is 71.9. The first kappa shape index (κ1) is 62.3. The second-order valence-corrected chi connectivity index (χ2v) is 24.3. The summed E-state index contributed by atoms with van der Waals surface area (Å²) < 4.78 is 0. The van der Waals surface area contributed by atoms with Gasteiger partial charge in [0.2, 0.25) is 0 Å². The number of unbranched alkanes of at least 4 members (excludes halogenated alkanes) is 45. The van der Waals surface area contributed by atoms with Gasteiger partial charge < -0.3 is 17.5 Å². The molecule has 0 aliphatic carbocycles. The maximum atomic E-state index is 12.4. The molecule has 0 saturated carbocycles. The van der Waals surface area contributed by atoms with Crippen molar-refractivity contribution < 1.29 is 22.3 Å². The lowest BCUT2D eigenvalue weighted by molar-refractivity contribution is -0.134. The van der Waals surface area contributed by atoms with Gasteiger partial charge in [0.15, 0.2) is 6.16 Å². The maximum absolute atomic E-state index is 12.4. The fourth-order valence-corrected chi connectivity index (χ4v) is 14.2. The Kier molecular flexibility index (Phi) is 55.6.